The van der Waals surface area contributed by atoms with E-state index < -0.39 is 11.7 Å². The molecule has 0 aromatic carbocycles. The second-order valence-corrected chi connectivity index (χ2v) is 8.57. The predicted molar refractivity (Wildman–Crippen MR) is 103 cm³/mol. The number of amides is 3. The number of carbonyl (C=O) groups is 3. The SMILES string of the molecule is CC(C)(C)OC(=O)NCCC(=O)N1CCCN(C(=O)C2CCCCC2)CC1. The van der Waals surface area contributed by atoms with Crippen LogP contribution in [-0.4, -0.2) is 66.0 Å². The van der Waals surface area contributed by atoms with Crippen LogP contribution in [0.4, 0.5) is 4.79 Å². The molecule has 1 N–H and O–H groups in total. The molecular formula is C20H35N3O4. The molecule has 0 radical (unpaired) electrons. The number of hydrogen-bond acceptors (Lipinski definition) is 4. The summed E-state index contributed by atoms with van der Waals surface area (Å²) in [5.41, 5.74) is -0.548. The lowest BCUT2D eigenvalue weighted by Crippen LogP contribution is -2.41. The number of nitrogens with zero attached hydrogens (tertiary/aromatic N) is 2. The number of rotatable bonds is 4. The molecule has 154 valence electrons. The van der Waals surface area contributed by atoms with Gasteiger partial charge in [0.25, 0.3) is 0 Å². The predicted octanol–water partition coefficient (Wildman–Crippen LogP) is 2.54. The highest BCUT2D eigenvalue weighted by Crippen LogP contribution is 2.25. The van der Waals surface area contributed by atoms with E-state index in [0.717, 1.165) is 38.6 Å². The van der Waals surface area contributed by atoms with Crippen molar-refractivity contribution in [1.82, 2.24) is 15.1 Å². The van der Waals surface area contributed by atoms with Crippen molar-refractivity contribution in [2.24, 2.45) is 5.92 Å². The van der Waals surface area contributed by atoms with Gasteiger partial charge in [-0.1, -0.05) is 19.3 Å². The fourth-order valence-electron chi connectivity index (χ4n) is 3.74. The van der Waals surface area contributed by atoms with E-state index in [-0.39, 0.29) is 30.7 Å². The monoisotopic (exact) mass is 381 g/mol. The molecule has 1 aliphatic carbocycles. The second-order valence-electron chi connectivity index (χ2n) is 8.57. The first-order valence-corrected chi connectivity index (χ1v) is 10.3. The standard InChI is InChI=1S/C20H35N3O4/c1-20(2,3)27-19(26)21-11-10-17(24)22-12-7-13-23(15-14-22)18(25)16-8-5-4-6-9-16/h16H,4-15H2,1-3H3,(H,21,26). The number of alkyl carbamates (subject to hydrolysis) is 1. The molecule has 0 atom stereocenters. The largest absolute Gasteiger partial charge is 0.444 e. The summed E-state index contributed by atoms with van der Waals surface area (Å²) < 4.78 is 5.16. The van der Waals surface area contributed by atoms with E-state index in [1.807, 2.05) is 9.80 Å². The molecule has 7 nitrogen and oxygen atoms in total. The van der Waals surface area contributed by atoms with Crippen molar-refractivity contribution in [2.45, 2.75) is 71.3 Å². The van der Waals surface area contributed by atoms with Crippen LogP contribution < -0.4 is 5.32 Å². The molecule has 3 amide bonds. The first-order valence-electron chi connectivity index (χ1n) is 10.3. The van der Waals surface area contributed by atoms with Crippen molar-refractivity contribution in [1.29, 1.82) is 0 Å². The van der Waals surface area contributed by atoms with Crippen LogP contribution in [0.25, 0.3) is 0 Å². The van der Waals surface area contributed by atoms with Gasteiger partial charge < -0.3 is 19.9 Å². The molecule has 0 aromatic heterocycles. The highest BCUT2D eigenvalue weighted by Gasteiger charge is 2.28. The Kier molecular flexibility index (Phi) is 7.92. The number of hydrogen-bond donors (Lipinski definition) is 1. The van der Waals surface area contributed by atoms with E-state index in [2.05, 4.69) is 5.32 Å². The van der Waals surface area contributed by atoms with Crippen molar-refractivity contribution < 1.29 is 19.1 Å². The molecule has 1 aliphatic heterocycles. The van der Waals surface area contributed by atoms with Crippen molar-refractivity contribution in [3.05, 3.63) is 0 Å². The minimum Gasteiger partial charge on any atom is -0.444 e. The fourth-order valence-corrected chi connectivity index (χ4v) is 3.74. The Hall–Kier alpha value is -1.79. The van der Waals surface area contributed by atoms with E-state index in [1.165, 1.54) is 6.42 Å². The smallest absolute Gasteiger partial charge is 0.407 e. The van der Waals surface area contributed by atoms with Gasteiger partial charge in [-0.3, -0.25) is 9.59 Å². The van der Waals surface area contributed by atoms with Crippen LogP contribution in [0.15, 0.2) is 0 Å². The highest BCUT2D eigenvalue weighted by atomic mass is 16.6. The van der Waals surface area contributed by atoms with Crippen LogP contribution in [0, 0.1) is 5.92 Å². The van der Waals surface area contributed by atoms with Gasteiger partial charge in [-0.15, -0.1) is 0 Å². The van der Waals surface area contributed by atoms with E-state index in [4.69, 9.17) is 4.74 Å². The van der Waals surface area contributed by atoms with Gasteiger partial charge in [0, 0.05) is 45.1 Å². The molecule has 2 aliphatic rings. The molecule has 0 aromatic rings. The van der Waals surface area contributed by atoms with E-state index in [9.17, 15) is 14.4 Å². The summed E-state index contributed by atoms with van der Waals surface area (Å²) in [6.45, 7) is 8.24. The summed E-state index contributed by atoms with van der Waals surface area (Å²) in [6.07, 6.45) is 6.11. The fraction of sp³-hybridized carbons (Fsp3) is 0.850. The lowest BCUT2D eigenvalue weighted by Gasteiger charge is -2.28. The summed E-state index contributed by atoms with van der Waals surface area (Å²) in [6, 6.07) is 0. The minimum absolute atomic E-state index is 0.0121. The zero-order valence-corrected chi connectivity index (χ0v) is 17.1. The van der Waals surface area contributed by atoms with Gasteiger partial charge >= 0.3 is 6.09 Å². The average Bonchev–Trinajstić information content (AvgIpc) is 2.86. The Morgan fingerprint density at radius 3 is 2.22 bits per heavy atom. The molecule has 0 unspecified atom stereocenters. The van der Waals surface area contributed by atoms with Crippen LogP contribution in [0.3, 0.4) is 0 Å². The van der Waals surface area contributed by atoms with Gasteiger partial charge in [0.1, 0.15) is 5.60 Å². The maximum Gasteiger partial charge on any atom is 0.407 e. The van der Waals surface area contributed by atoms with Crippen LogP contribution in [-0.2, 0) is 14.3 Å². The molecule has 0 bridgehead atoms. The first kappa shape index (κ1) is 21.5. The van der Waals surface area contributed by atoms with Crippen molar-refractivity contribution >= 4 is 17.9 Å². The lowest BCUT2D eigenvalue weighted by atomic mass is 9.88. The normalized spacial score (nSPS) is 19.4. The summed E-state index contributed by atoms with van der Waals surface area (Å²) in [7, 11) is 0. The van der Waals surface area contributed by atoms with Gasteiger partial charge in [-0.25, -0.2) is 4.79 Å². The lowest BCUT2D eigenvalue weighted by molar-refractivity contribution is -0.137. The molecular weight excluding hydrogens is 346 g/mol. The van der Waals surface area contributed by atoms with Crippen LogP contribution in [0.1, 0.15) is 65.7 Å². The Balaban J connectivity index is 1.72. The van der Waals surface area contributed by atoms with Gasteiger partial charge in [0.05, 0.1) is 0 Å². The van der Waals surface area contributed by atoms with Crippen molar-refractivity contribution in [3.63, 3.8) is 0 Å². The molecule has 1 saturated heterocycles. The Bertz CT molecular complexity index is 524. The van der Waals surface area contributed by atoms with Crippen molar-refractivity contribution in [2.75, 3.05) is 32.7 Å². The van der Waals surface area contributed by atoms with Gasteiger partial charge in [-0.2, -0.15) is 0 Å². The van der Waals surface area contributed by atoms with Crippen LogP contribution >= 0.6 is 0 Å². The van der Waals surface area contributed by atoms with Crippen LogP contribution in [0.2, 0.25) is 0 Å². The highest BCUT2D eigenvalue weighted by molar-refractivity contribution is 5.80. The van der Waals surface area contributed by atoms with E-state index in [1.54, 1.807) is 20.8 Å². The second kappa shape index (κ2) is 9.95. The van der Waals surface area contributed by atoms with Gasteiger partial charge in [0.15, 0.2) is 0 Å². The number of ether oxygens (including phenoxy) is 1. The molecule has 27 heavy (non-hydrogen) atoms. The van der Waals surface area contributed by atoms with Crippen molar-refractivity contribution in [3.8, 4) is 0 Å². The molecule has 0 spiro atoms. The maximum atomic E-state index is 12.7. The zero-order chi connectivity index (χ0) is 19.9. The maximum absolute atomic E-state index is 12.7. The molecule has 2 fully saturated rings. The number of carbonyl (C=O) groups excluding carboxylic acids is 3. The summed E-state index contributed by atoms with van der Waals surface area (Å²) in [5, 5.41) is 2.62. The third-order valence-corrected chi connectivity index (χ3v) is 5.12. The molecule has 7 heteroatoms. The third kappa shape index (κ3) is 7.39. The van der Waals surface area contributed by atoms with Gasteiger partial charge in [0.2, 0.25) is 11.8 Å². The average molecular weight is 382 g/mol. The summed E-state index contributed by atoms with van der Waals surface area (Å²) in [4.78, 5) is 40.5. The Labute approximate surface area is 162 Å². The van der Waals surface area contributed by atoms with E-state index >= 15 is 0 Å². The van der Waals surface area contributed by atoms with Crippen LogP contribution in [0.5, 0.6) is 0 Å². The minimum atomic E-state index is -0.548. The number of nitrogens with one attached hydrogen (secondary N) is 1. The molecule has 1 heterocycles. The van der Waals surface area contributed by atoms with Gasteiger partial charge in [-0.05, 0) is 40.0 Å². The quantitative estimate of drug-likeness (QED) is 0.812. The summed E-state index contributed by atoms with van der Waals surface area (Å²) >= 11 is 0. The topological polar surface area (TPSA) is 79.0 Å². The van der Waals surface area contributed by atoms with E-state index in [0.29, 0.717) is 19.6 Å². The molecule has 1 saturated carbocycles. The first-order chi connectivity index (χ1) is 12.8. The summed E-state index contributed by atoms with van der Waals surface area (Å²) in [5.74, 6) is 0.465. The zero-order valence-electron chi connectivity index (χ0n) is 17.1. The Morgan fingerprint density at radius 2 is 1.56 bits per heavy atom. The third-order valence-electron chi connectivity index (χ3n) is 5.12. The molecule has 2 rings (SSSR count). The Morgan fingerprint density at radius 1 is 0.926 bits per heavy atom.